The first-order valence-electron chi connectivity index (χ1n) is 5.58. The molecule has 2 aromatic rings. The van der Waals surface area contributed by atoms with Crippen molar-refractivity contribution in [2.24, 2.45) is 5.73 Å². The van der Waals surface area contributed by atoms with E-state index in [1.54, 1.807) is 23.1 Å². The number of terminal acetylenes is 1. The molecule has 0 aliphatic carbocycles. The molecule has 3 N–H and O–H groups in total. The van der Waals surface area contributed by atoms with Crippen molar-refractivity contribution >= 4 is 44.9 Å². The van der Waals surface area contributed by atoms with Crippen LogP contribution in [0.1, 0.15) is 6.42 Å². The Labute approximate surface area is 119 Å². The van der Waals surface area contributed by atoms with E-state index in [1.807, 2.05) is 24.5 Å². The van der Waals surface area contributed by atoms with Gasteiger partial charge in [0.1, 0.15) is 0 Å². The van der Waals surface area contributed by atoms with Gasteiger partial charge in [-0.1, -0.05) is 11.8 Å². The summed E-state index contributed by atoms with van der Waals surface area (Å²) in [6.45, 7) is 0. The second-order valence-electron chi connectivity index (χ2n) is 3.87. The van der Waals surface area contributed by atoms with E-state index in [9.17, 15) is 4.79 Å². The zero-order valence-electron chi connectivity index (χ0n) is 10.3. The summed E-state index contributed by atoms with van der Waals surface area (Å²) in [6.07, 6.45) is 7.35. The molecule has 2 rings (SSSR count). The molecule has 0 saturated heterocycles. The van der Waals surface area contributed by atoms with Crippen LogP contribution >= 0.6 is 23.1 Å². The van der Waals surface area contributed by atoms with Crippen LogP contribution in [0.2, 0.25) is 0 Å². The Kier molecular flexibility index (Phi) is 4.43. The van der Waals surface area contributed by atoms with Crippen molar-refractivity contribution in [1.29, 1.82) is 0 Å². The molecule has 0 spiro atoms. The fourth-order valence-corrected chi connectivity index (χ4v) is 3.05. The van der Waals surface area contributed by atoms with Crippen molar-refractivity contribution in [2.75, 3.05) is 11.6 Å². The topological polar surface area (TPSA) is 68.0 Å². The quantitative estimate of drug-likeness (QED) is 0.670. The van der Waals surface area contributed by atoms with Crippen molar-refractivity contribution in [3.63, 3.8) is 0 Å². The van der Waals surface area contributed by atoms with E-state index in [0.717, 1.165) is 14.6 Å². The average Bonchev–Trinajstić information content (AvgIpc) is 2.81. The highest BCUT2D eigenvalue weighted by Gasteiger charge is 2.12. The Morgan fingerprint density at radius 2 is 2.47 bits per heavy atom. The minimum Gasteiger partial charge on any atom is -0.325 e. The number of fused-ring (bicyclic) bond motifs is 1. The first-order chi connectivity index (χ1) is 9.13. The van der Waals surface area contributed by atoms with Crippen molar-refractivity contribution in [2.45, 2.75) is 16.8 Å². The lowest BCUT2D eigenvalue weighted by molar-refractivity contribution is -0.117. The number of aromatic nitrogens is 1. The number of thioether (sulfide) groups is 1. The number of benzene rings is 1. The minimum atomic E-state index is -0.677. The van der Waals surface area contributed by atoms with Crippen molar-refractivity contribution in [3.05, 3.63) is 18.2 Å². The average molecular weight is 291 g/mol. The second-order valence-corrected chi connectivity index (χ2v) is 5.95. The van der Waals surface area contributed by atoms with Gasteiger partial charge < -0.3 is 11.1 Å². The highest BCUT2D eigenvalue weighted by Crippen LogP contribution is 2.29. The summed E-state index contributed by atoms with van der Waals surface area (Å²) >= 11 is 3.20. The van der Waals surface area contributed by atoms with E-state index >= 15 is 0 Å². The molecule has 1 heterocycles. The summed E-state index contributed by atoms with van der Waals surface area (Å²) in [5, 5.41) is 2.76. The lowest BCUT2D eigenvalue weighted by Crippen LogP contribution is -2.35. The molecule has 6 heteroatoms. The monoisotopic (exact) mass is 291 g/mol. The number of nitrogens with zero attached hydrogens (tertiary/aromatic N) is 1. The van der Waals surface area contributed by atoms with Gasteiger partial charge in [-0.3, -0.25) is 4.79 Å². The highest BCUT2D eigenvalue weighted by molar-refractivity contribution is 8.00. The molecule has 0 radical (unpaired) electrons. The summed E-state index contributed by atoms with van der Waals surface area (Å²) in [7, 11) is 0. The summed E-state index contributed by atoms with van der Waals surface area (Å²) in [4.78, 5) is 16.2. The lowest BCUT2D eigenvalue weighted by atomic mass is 10.2. The molecule has 1 aromatic carbocycles. The van der Waals surface area contributed by atoms with Crippen LogP contribution in [0, 0.1) is 12.3 Å². The molecular weight excluding hydrogens is 278 g/mol. The fourth-order valence-electron chi connectivity index (χ4n) is 1.52. The maximum absolute atomic E-state index is 11.8. The standard InChI is InChI=1S/C13H13N3OS2/c1-3-4-9(14)12(17)15-8-5-6-10-11(7-8)19-13(16-10)18-2/h1,5-7,9H,4,14H2,2H3,(H,15,17). The molecule has 98 valence electrons. The van der Waals surface area contributed by atoms with Crippen molar-refractivity contribution in [1.82, 2.24) is 4.98 Å². The first kappa shape index (κ1) is 13.9. The summed E-state index contributed by atoms with van der Waals surface area (Å²) in [6, 6.07) is 4.91. The number of rotatable bonds is 4. The molecule has 19 heavy (non-hydrogen) atoms. The first-order valence-corrected chi connectivity index (χ1v) is 7.62. The number of thiazole rings is 1. The summed E-state index contributed by atoms with van der Waals surface area (Å²) in [5.41, 5.74) is 7.29. The number of nitrogens with two attached hydrogens (primary N) is 1. The molecule has 0 aliphatic rings. The molecule has 0 aliphatic heterocycles. The normalized spacial score (nSPS) is 12.1. The number of carbonyl (C=O) groups is 1. The molecule has 0 bridgehead atoms. The number of hydrogen-bond donors (Lipinski definition) is 2. The van der Waals surface area contributed by atoms with E-state index in [1.165, 1.54) is 0 Å². The Hall–Kier alpha value is -1.55. The van der Waals surface area contributed by atoms with Gasteiger partial charge in [-0.25, -0.2) is 4.98 Å². The predicted molar refractivity (Wildman–Crippen MR) is 81.5 cm³/mol. The third-order valence-electron chi connectivity index (χ3n) is 2.49. The van der Waals surface area contributed by atoms with Gasteiger partial charge in [0.05, 0.1) is 16.3 Å². The fraction of sp³-hybridized carbons (Fsp3) is 0.231. The molecule has 1 amide bonds. The number of hydrogen-bond acceptors (Lipinski definition) is 5. The van der Waals surface area contributed by atoms with Crippen LogP contribution in [0.15, 0.2) is 22.5 Å². The molecule has 1 atom stereocenters. The third-order valence-corrected chi connectivity index (χ3v) is 4.49. The van der Waals surface area contributed by atoms with Crippen molar-refractivity contribution < 1.29 is 4.79 Å². The van der Waals surface area contributed by atoms with Gasteiger partial charge >= 0.3 is 0 Å². The van der Waals surface area contributed by atoms with Gasteiger partial charge in [-0.05, 0) is 24.5 Å². The van der Waals surface area contributed by atoms with E-state index < -0.39 is 6.04 Å². The lowest BCUT2D eigenvalue weighted by Gasteiger charge is -2.09. The molecule has 1 unspecified atom stereocenters. The molecule has 4 nitrogen and oxygen atoms in total. The molecule has 1 aromatic heterocycles. The van der Waals surface area contributed by atoms with Crippen LogP contribution in [0.4, 0.5) is 5.69 Å². The van der Waals surface area contributed by atoms with Crippen LogP contribution in [0.3, 0.4) is 0 Å². The van der Waals surface area contributed by atoms with E-state index in [0.29, 0.717) is 5.69 Å². The smallest absolute Gasteiger partial charge is 0.242 e. The Bertz CT molecular complexity index is 645. The summed E-state index contributed by atoms with van der Waals surface area (Å²) < 4.78 is 2.04. The number of nitrogens with one attached hydrogen (secondary N) is 1. The van der Waals surface area contributed by atoms with Crippen LogP contribution < -0.4 is 11.1 Å². The van der Waals surface area contributed by atoms with Gasteiger partial charge in [-0.15, -0.1) is 23.7 Å². The minimum absolute atomic E-state index is 0.227. The Morgan fingerprint density at radius 3 is 3.16 bits per heavy atom. The number of carbonyl (C=O) groups excluding carboxylic acids is 1. The Balaban J connectivity index is 2.17. The van der Waals surface area contributed by atoms with Gasteiger partial charge in [-0.2, -0.15) is 0 Å². The second kappa shape index (κ2) is 6.06. The maximum Gasteiger partial charge on any atom is 0.242 e. The summed E-state index contributed by atoms with van der Waals surface area (Å²) in [5.74, 6) is 2.11. The van der Waals surface area contributed by atoms with E-state index in [2.05, 4.69) is 16.2 Å². The van der Waals surface area contributed by atoms with Crippen molar-refractivity contribution in [3.8, 4) is 12.3 Å². The number of amides is 1. The van der Waals surface area contributed by atoms with Crippen LogP contribution in [0.5, 0.6) is 0 Å². The van der Waals surface area contributed by atoms with Gasteiger partial charge in [0.25, 0.3) is 0 Å². The van der Waals surface area contributed by atoms with E-state index in [-0.39, 0.29) is 12.3 Å². The molecule has 0 saturated carbocycles. The number of anilines is 1. The Morgan fingerprint density at radius 1 is 1.68 bits per heavy atom. The highest BCUT2D eigenvalue weighted by atomic mass is 32.2. The predicted octanol–water partition coefficient (Wildman–Crippen LogP) is 2.31. The van der Waals surface area contributed by atoms with Crippen LogP contribution in [-0.2, 0) is 4.79 Å². The van der Waals surface area contributed by atoms with Gasteiger partial charge in [0.15, 0.2) is 4.34 Å². The SMILES string of the molecule is C#CCC(N)C(=O)Nc1ccc2nc(SC)sc2c1. The van der Waals surface area contributed by atoms with Crippen LogP contribution in [0.25, 0.3) is 10.2 Å². The van der Waals surface area contributed by atoms with Gasteiger partial charge in [0.2, 0.25) is 5.91 Å². The zero-order chi connectivity index (χ0) is 13.8. The van der Waals surface area contributed by atoms with E-state index in [4.69, 9.17) is 12.2 Å². The van der Waals surface area contributed by atoms with Crippen LogP contribution in [-0.4, -0.2) is 23.2 Å². The maximum atomic E-state index is 11.8. The van der Waals surface area contributed by atoms with Gasteiger partial charge in [0, 0.05) is 12.1 Å². The largest absolute Gasteiger partial charge is 0.325 e. The molecular formula is C13H13N3OS2. The third kappa shape index (κ3) is 3.26. The zero-order valence-corrected chi connectivity index (χ0v) is 12.0. The molecule has 0 fully saturated rings.